The second-order valence-electron chi connectivity index (χ2n) is 4.59. The zero-order chi connectivity index (χ0) is 15.7. The summed E-state index contributed by atoms with van der Waals surface area (Å²) < 4.78 is 18.9. The number of ether oxygens (including phenoxy) is 1. The third-order valence-corrected chi connectivity index (χ3v) is 3.42. The van der Waals surface area contributed by atoms with E-state index in [1.807, 2.05) is 0 Å². The van der Waals surface area contributed by atoms with Gasteiger partial charge >= 0.3 is 0 Å². The van der Waals surface area contributed by atoms with E-state index in [9.17, 15) is 9.18 Å². The molecule has 7 heteroatoms. The summed E-state index contributed by atoms with van der Waals surface area (Å²) in [6, 6.07) is 7.34. The summed E-state index contributed by atoms with van der Waals surface area (Å²) in [6.07, 6.45) is 1.58. The summed E-state index contributed by atoms with van der Waals surface area (Å²) in [6.45, 7) is 0. The van der Waals surface area contributed by atoms with Crippen molar-refractivity contribution in [1.82, 2.24) is 10.2 Å². The fourth-order valence-electron chi connectivity index (χ4n) is 2.11. The average molecular weight is 320 g/mol. The van der Waals surface area contributed by atoms with Gasteiger partial charge in [-0.2, -0.15) is 5.10 Å². The first-order chi connectivity index (χ1) is 10.6. The van der Waals surface area contributed by atoms with Gasteiger partial charge < -0.3 is 10.1 Å². The van der Waals surface area contributed by atoms with Gasteiger partial charge in [-0.25, -0.2) is 4.39 Å². The molecule has 1 amide bonds. The number of nitrogens with zero attached hydrogens (tertiary/aromatic N) is 1. The Morgan fingerprint density at radius 2 is 2.18 bits per heavy atom. The molecule has 0 radical (unpaired) electrons. The number of carbonyl (C=O) groups excluding carboxylic acids is 1. The fourth-order valence-corrected chi connectivity index (χ4v) is 2.27. The predicted octanol–water partition coefficient (Wildman–Crippen LogP) is 3.62. The average Bonchev–Trinajstić information content (AvgIpc) is 2.97. The number of amides is 1. The van der Waals surface area contributed by atoms with Crippen molar-refractivity contribution in [3.05, 3.63) is 52.9 Å². The first kappa shape index (κ1) is 14.3. The minimum Gasteiger partial charge on any atom is -0.497 e. The molecule has 0 aliphatic rings. The lowest BCUT2D eigenvalue weighted by Crippen LogP contribution is -2.13. The Hall–Kier alpha value is -2.60. The Morgan fingerprint density at radius 1 is 1.36 bits per heavy atom. The van der Waals surface area contributed by atoms with Crippen LogP contribution in [0.2, 0.25) is 5.02 Å². The van der Waals surface area contributed by atoms with E-state index in [1.165, 1.54) is 19.2 Å². The van der Waals surface area contributed by atoms with Crippen LogP contribution in [0.25, 0.3) is 10.9 Å². The first-order valence-electron chi connectivity index (χ1n) is 6.36. The van der Waals surface area contributed by atoms with Gasteiger partial charge in [0.05, 0.1) is 30.1 Å². The molecule has 0 saturated carbocycles. The van der Waals surface area contributed by atoms with Crippen LogP contribution in [0.4, 0.5) is 10.1 Å². The minimum absolute atomic E-state index is 0.0462. The zero-order valence-electron chi connectivity index (χ0n) is 11.5. The Labute approximate surface area is 130 Å². The van der Waals surface area contributed by atoms with Crippen molar-refractivity contribution in [1.29, 1.82) is 0 Å². The normalized spacial score (nSPS) is 10.7. The number of hydrogen-bond donors (Lipinski definition) is 2. The largest absolute Gasteiger partial charge is 0.497 e. The monoisotopic (exact) mass is 319 g/mol. The molecule has 0 aliphatic heterocycles. The highest BCUT2D eigenvalue weighted by Gasteiger charge is 2.15. The van der Waals surface area contributed by atoms with Gasteiger partial charge in [0.25, 0.3) is 5.91 Å². The van der Waals surface area contributed by atoms with Crippen molar-refractivity contribution in [2.45, 2.75) is 0 Å². The van der Waals surface area contributed by atoms with Crippen molar-refractivity contribution >= 4 is 34.1 Å². The predicted molar refractivity (Wildman–Crippen MR) is 82.0 cm³/mol. The number of fused-ring (bicyclic) bond motifs is 1. The number of aromatic amines is 1. The summed E-state index contributed by atoms with van der Waals surface area (Å²) in [7, 11) is 1.50. The molecule has 3 rings (SSSR count). The van der Waals surface area contributed by atoms with E-state index >= 15 is 0 Å². The van der Waals surface area contributed by atoms with Crippen LogP contribution in [0.3, 0.4) is 0 Å². The number of anilines is 1. The molecule has 3 aromatic rings. The minimum atomic E-state index is -0.607. The number of carbonyl (C=O) groups is 1. The number of halogens is 2. The lowest BCUT2D eigenvalue weighted by Gasteiger charge is -2.09. The van der Waals surface area contributed by atoms with Gasteiger partial charge in [-0.15, -0.1) is 0 Å². The van der Waals surface area contributed by atoms with Crippen LogP contribution in [-0.4, -0.2) is 23.2 Å². The maximum absolute atomic E-state index is 13.8. The highest BCUT2D eigenvalue weighted by Crippen LogP contribution is 2.25. The molecular formula is C15H11ClFN3O2. The van der Waals surface area contributed by atoms with E-state index in [1.54, 1.807) is 18.3 Å². The van der Waals surface area contributed by atoms with Crippen molar-refractivity contribution in [3.63, 3.8) is 0 Å². The molecule has 1 aromatic heterocycles. The number of hydrogen-bond acceptors (Lipinski definition) is 3. The second kappa shape index (κ2) is 5.65. The van der Waals surface area contributed by atoms with Gasteiger partial charge in [-0.05, 0) is 30.3 Å². The quantitative estimate of drug-likeness (QED) is 0.775. The Kier molecular flexibility index (Phi) is 3.68. The van der Waals surface area contributed by atoms with E-state index in [2.05, 4.69) is 15.5 Å². The molecular weight excluding hydrogens is 309 g/mol. The smallest absolute Gasteiger partial charge is 0.258 e. The topological polar surface area (TPSA) is 67.0 Å². The number of nitrogens with one attached hydrogen (secondary N) is 2. The second-order valence-corrected chi connectivity index (χ2v) is 5.02. The van der Waals surface area contributed by atoms with Crippen LogP contribution in [-0.2, 0) is 0 Å². The number of benzene rings is 2. The molecule has 0 fully saturated rings. The number of aromatic nitrogens is 2. The van der Waals surface area contributed by atoms with Crippen molar-refractivity contribution in [2.24, 2.45) is 0 Å². The van der Waals surface area contributed by atoms with Gasteiger partial charge in [-0.1, -0.05) is 11.6 Å². The zero-order valence-corrected chi connectivity index (χ0v) is 12.2. The molecule has 1 heterocycles. The molecule has 5 nitrogen and oxygen atoms in total. The SMILES string of the molecule is COc1cc(C(=O)Nc2ccc(Cl)cc2F)c2[nH]ncc2c1. The van der Waals surface area contributed by atoms with Gasteiger partial charge in [0, 0.05) is 10.4 Å². The third-order valence-electron chi connectivity index (χ3n) is 3.18. The molecule has 0 spiro atoms. The summed E-state index contributed by atoms with van der Waals surface area (Å²) in [5, 5.41) is 10.1. The fraction of sp³-hybridized carbons (Fsp3) is 0.0667. The molecule has 0 saturated heterocycles. The molecule has 2 N–H and O–H groups in total. The van der Waals surface area contributed by atoms with Crippen LogP contribution in [0.15, 0.2) is 36.5 Å². The van der Waals surface area contributed by atoms with E-state index in [0.29, 0.717) is 16.8 Å². The van der Waals surface area contributed by atoms with Gasteiger partial charge in [0.2, 0.25) is 0 Å². The summed E-state index contributed by atoms with van der Waals surface area (Å²) in [5.41, 5.74) is 0.902. The van der Waals surface area contributed by atoms with Crippen LogP contribution < -0.4 is 10.1 Å². The van der Waals surface area contributed by atoms with E-state index in [4.69, 9.17) is 16.3 Å². The van der Waals surface area contributed by atoms with Gasteiger partial charge in [0.15, 0.2) is 0 Å². The summed E-state index contributed by atoms with van der Waals surface area (Å²) in [4.78, 5) is 12.4. The van der Waals surface area contributed by atoms with Crippen LogP contribution in [0, 0.1) is 5.82 Å². The van der Waals surface area contributed by atoms with Crippen molar-refractivity contribution in [2.75, 3.05) is 12.4 Å². The van der Waals surface area contributed by atoms with Crippen molar-refractivity contribution in [3.8, 4) is 5.75 Å². The number of methoxy groups -OCH3 is 1. The standard InChI is InChI=1S/C15H11ClFN3O2/c1-22-10-4-8-7-18-20-14(8)11(6-10)15(21)19-13-3-2-9(16)5-12(13)17/h2-7H,1H3,(H,18,20)(H,19,21). The molecule has 2 aromatic carbocycles. The van der Waals surface area contributed by atoms with E-state index in [-0.39, 0.29) is 10.7 Å². The molecule has 0 atom stereocenters. The van der Waals surface area contributed by atoms with Crippen molar-refractivity contribution < 1.29 is 13.9 Å². The molecule has 0 bridgehead atoms. The summed E-state index contributed by atoms with van der Waals surface area (Å²) in [5.74, 6) is -0.574. The molecule has 0 aliphatic carbocycles. The number of rotatable bonds is 3. The summed E-state index contributed by atoms with van der Waals surface area (Å²) >= 11 is 5.69. The van der Waals surface area contributed by atoms with Gasteiger partial charge in [-0.3, -0.25) is 9.89 Å². The molecule has 22 heavy (non-hydrogen) atoms. The first-order valence-corrected chi connectivity index (χ1v) is 6.74. The lowest BCUT2D eigenvalue weighted by molar-refractivity contribution is 0.102. The highest BCUT2D eigenvalue weighted by molar-refractivity contribution is 6.30. The highest BCUT2D eigenvalue weighted by atomic mass is 35.5. The maximum Gasteiger partial charge on any atom is 0.258 e. The molecule has 112 valence electrons. The van der Waals surface area contributed by atoms with E-state index in [0.717, 1.165) is 11.5 Å². The maximum atomic E-state index is 13.8. The van der Waals surface area contributed by atoms with Gasteiger partial charge in [0.1, 0.15) is 11.6 Å². The Morgan fingerprint density at radius 3 is 2.91 bits per heavy atom. The third kappa shape index (κ3) is 2.60. The Balaban J connectivity index is 1.99. The Bertz CT molecular complexity index is 863. The van der Waals surface area contributed by atoms with Crippen LogP contribution in [0.1, 0.15) is 10.4 Å². The van der Waals surface area contributed by atoms with Crippen LogP contribution in [0.5, 0.6) is 5.75 Å². The van der Waals surface area contributed by atoms with E-state index < -0.39 is 11.7 Å². The molecule has 0 unspecified atom stereocenters. The number of H-pyrrole nitrogens is 1. The van der Waals surface area contributed by atoms with Crippen LogP contribution >= 0.6 is 11.6 Å². The lowest BCUT2D eigenvalue weighted by atomic mass is 10.1.